The topological polar surface area (TPSA) is 87.3 Å². The van der Waals surface area contributed by atoms with E-state index in [0.717, 1.165) is 37.2 Å². The zero-order valence-electron chi connectivity index (χ0n) is 18.6. The van der Waals surface area contributed by atoms with Gasteiger partial charge in [0.05, 0.1) is 29.2 Å². The van der Waals surface area contributed by atoms with Crippen molar-refractivity contribution in [1.82, 2.24) is 20.2 Å². The van der Waals surface area contributed by atoms with Crippen molar-refractivity contribution in [2.45, 2.75) is 31.6 Å². The number of ether oxygens (including phenoxy) is 1. The maximum atomic E-state index is 13.1. The van der Waals surface area contributed by atoms with Gasteiger partial charge in [-0.2, -0.15) is 11.8 Å². The summed E-state index contributed by atoms with van der Waals surface area (Å²) in [5, 5.41) is 3.63. The number of nitrogens with one attached hydrogen (secondary N) is 2. The normalized spacial score (nSPS) is 15.2. The molecule has 0 aliphatic carbocycles. The molecule has 1 aromatic carbocycles. The first-order valence-corrected chi connectivity index (χ1v) is 12.9. The number of likely N-dealkylation sites (tertiary alicyclic amines) is 1. The van der Waals surface area contributed by atoms with E-state index in [0.29, 0.717) is 38.8 Å². The second-order valence-electron chi connectivity index (χ2n) is 7.93. The number of carbonyl (C=O) groups is 1. The minimum atomic E-state index is -0.182. The summed E-state index contributed by atoms with van der Waals surface area (Å²) in [4.78, 5) is 36.7. The zero-order valence-corrected chi connectivity index (χ0v) is 20.2. The lowest BCUT2D eigenvalue weighted by Crippen LogP contribution is -2.36. The maximum absolute atomic E-state index is 13.1. The highest BCUT2D eigenvalue weighted by atomic mass is 32.2. The molecular weight excluding hydrogens is 444 g/mol. The Morgan fingerprint density at radius 1 is 1.38 bits per heavy atom. The standard InChI is InChI=1S/C23H28N4O3S2/c1-14-19-21(28)25-18(13-31-3)26-23(19)32-20(14)22(29)24-12-17(27-9-4-5-10-27)15-7-6-8-16(11-15)30-2/h6-8,11,17H,4-5,9-10,12-13H2,1-3H3,(H,24,29)(H,25,26,28)/t17-/m0/s1. The van der Waals surface area contributed by atoms with Gasteiger partial charge < -0.3 is 15.0 Å². The molecule has 1 amide bonds. The van der Waals surface area contributed by atoms with E-state index >= 15 is 0 Å². The van der Waals surface area contributed by atoms with E-state index in [1.807, 2.05) is 31.4 Å². The van der Waals surface area contributed by atoms with Gasteiger partial charge in [-0.05, 0) is 62.4 Å². The number of aryl methyl sites for hydroxylation is 1. The highest BCUT2D eigenvalue weighted by molar-refractivity contribution is 7.97. The van der Waals surface area contributed by atoms with Crippen molar-refractivity contribution in [1.29, 1.82) is 0 Å². The van der Waals surface area contributed by atoms with Crippen molar-refractivity contribution < 1.29 is 9.53 Å². The molecule has 3 heterocycles. The average molecular weight is 473 g/mol. The Bertz CT molecular complexity index is 1170. The number of thiophene rings is 1. The van der Waals surface area contributed by atoms with Gasteiger partial charge in [-0.3, -0.25) is 14.5 Å². The molecule has 0 unspecified atom stereocenters. The van der Waals surface area contributed by atoms with Gasteiger partial charge in [0.2, 0.25) is 0 Å². The Balaban J connectivity index is 1.58. The number of benzene rings is 1. The third-order valence-electron chi connectivity index (χ3n) is 5.85. The second-order valence-corrected chi connectivity index (χ2v) is 9.79. The summed E-state index contributed by atoms with van der Waals surface area (Å²) < 4.78 is 5.40. The highest BCUT2D eigenvalue weighted by Crippen LogP contribution is 2.29. The Labute approximate surface area is 195 Å². The Hall–Kier alpha value is -2.36. The number of rotatable bonds is 8. The van der Waals surface area contributed by atoms with Crippen molar-refractivity contribution in [2.75, 3.05) is 33.0 Å². The molecule has 1 aliphatic rings. The summed E-state index contributed by atoms with van der Waals surface area (Å²) in [6, 6.07) is 8.11. The SMILES string of the molecule is COc1cccc([C@H](CNC(=O)c2sc3nc(CSC)[nH]c(=O)c3c2C)N2CCCC2)c1. The summed E-state index contributed by atoms with van der Waals surface area (Å²) in [5.74, 6) is 1.91. The number of amides is 1. The van der Waals surface area contributed by atoms with Gasteiger partial charge >= 0.3 is 0 Å². The van der Waals surface area contributed by atoms with Crippen LogP contribution >= 0.6 is 23.1 Å². The van der Waals surface area contributed by atoms with Crippen LogP contribution in [0.25, 0.3) is 10.2 Å². The smallest absolute Gasteiger partial charge is 0.261 e. The van der Waals surface area contributed by atoms with Crippen molar-refractivity contribution in [3.8, 4) is 5.75 Å². The van der Waals surface area contributed by atoms with Crippen LogP contribution in [0.5, 0.6) is 5.75 Å². The molecule has 2 N–H and O–H groups in total. The molecule has 1 atom stereocenters. The molecule has 4 rings (SSSR count). The van der Waals surface area contributed by atoms with Crippen molar-refractivity contribution in [3.05, 3.63) is 56.4 Å². The molecule has 0 radical (unpaired) electrons. The molecule has 1 aliphatic heterocycles. The van der Waals surface area contributed by atoms with E-state index in [2.05, 4.69) is 26.3 Å². The van der Waals surface area contributed by atoms with Crippen LogP contribution in [0.1, 0.15) is 45.5 Å². The van der Waals surface area contributed by atoms with E-state index in [9.17, 15) is 9.59 Å². The number of carbonyl (C=O) groups excluding carboxylic acids is 1. The monoisotopic (exact) mass is 472 g/mol. The van der Waals surface area contributed by atoms with Crippen LogP contribution in [-0.4, -0.2) is 53.8 Å². The number of nitrogens with zero attached hydrogens (tertiary/aromatic N) is 2. The van der Waals surface area contributed by atoms with Crippen molar-refractivity contribution in [2.24, 2.45) is 0 Å². The van der Waals surface area contributed by atoms with E-state index in [1.54, 1.807) is 18.9 Å². The van der Waals surface area contributed by atoms with Crippen LogP contribution in [0.2, 0.25) is 0 Å². The van der Waals surface area contributed by atoms with E-state index in [1.165, 1.54) is 11.3 Å². The number of methoxy groups -OCH3 is 1. The highest BCUT2D eigenvalue weighted by Gasteiger charge is 2.26. The predicted octanol–water partition coefficient (Wildman–Crippen LogP) is 3.73. The summed E-state index contributed by atoms with van der Waals surface area (Å²) in [7, 11) is 1.66. The van der Waals surface area contributed by atoms with Gasteiger partial charge in [0, 0.05) is 6.54 Å². The average Bonchev–Trinajstić information content (AvgIpc) is 3.43. The van der Waals surface area contributed by atoms with E-state index < -0.39 is 0 Å². The number of aromatic nitrogens is 2. The molecule has 32 heavy (non-hydrogen) atoms. The number of aromatic amines is 1. The lowest BCUT2D eigenvalue weighted by atomic mass is 10.0. The fraction of sp³-hybridized carbons (Fsp3) is 0.435. The molecule has 7 nitrogen and oxygen atoms in total. The molecule has 0 saturated carbocycles. The number of H-pyrrole nitrogens is 1. The third-order valence-corrected chi connectivity index (χ3v) is 7.60. The largest absolute Gasteiger partial charge is 0.497 e. The summed E-state index contributed by atoms with van der Waals surface area (Å²) in [5.41, 5.74) is 1.63. The van der Waals surface area contributed by atoms with Crippen molar-refractivity contribution >= 4 is 39.2 Å². The first-order valence-electron chi connectivity index (χ1n) is 10.7. The quantitative estimate of drug-likeness (QED) is 0.519. The molecule has 170 valence electrons. The Morgan fingerprint density at radius 3 is 2.88 bits per heavy atom. The summed E-state index contributed by atoms with van der Waals surface area (Å²) in [6.45, 7) is 4.33. The van der Waals surface area contributed by atoms with Gasteiger partial charge in [0.15, 0.2) is 0 Å². The first-order chi connectivity index (χ1) is 15.5. The van der Waals surface area contributed by atoms with Crippen LogP contribution in [-0.2, 0) is 5.75 Å². The van der Waals surface area contributed by atoms with Crippen LogP contribution in [0, 0.1) is 6.92 Å². The number of thioether (sulfide) groups is 1. The number of hydrogen-bond acceptors (Lipinski definition) is 7. The van der Waals surface area contributed by atoms with Gasteiger partial charge in [-0.1, -0.05) is 12.1 Å². The predicted molar refractivity (Wildman–Crippen MR) is 131 cm³/mol. The first kappa shape index (κ1) is 22.8. The van der Waals surface area contributed by atoms with Crippen LogP contribution in [0.3, 0.4) is 0 Å². The van der Waals surface area contributed by atoms with Crippen LogP contribution in [0.15, 0.2) is 29.1 Å². The number of hydrogen-bond donors (Lipinski definition) is 2. The van der Waals surface area contributed by atoms with E-state index in [-0.39, 0.29) is 17.5 Å². The summed E-state index contributed by atoms with van der Waals surface area (Å²) in [6.07, 6.45) is 4.29. The molecule has 0 bridgehead atoms. The lowest BCUT2D eigenvalue weighted by Gasteiger charge is -2.28. The molecule has 9 heteroatoms. The Morgan fingerprint density at radius 2 is 2.16 bits per heavy atom. The van der Waals surface area contributed by atoms with Gasteiger partial charge in [0.25, 0.3) is 11.5 Å². The van der Waals surface area contributed by atoms with Crippen LogP contribution in [0.4, 0.5) is 0 Å². The van der Waals surface area contributed by atoms with Gasteiger partial charge in [-0.25, -0.2) is 4.98 Å². The van der Waals surface area contributed by atoms with Crippen molar-refractivity contribution in [3.63, 3.8) is 0 Å². The fourth-order valence-corrected chi connectivity index (χ4v) is 5.77. The van der Waals surface area contributed by atoms with Gasteiger partial charge in [0.1, 0.15) is 16.4 Å². The molecule has 1 fully saturated rings. The van der Waals surface area contributed by atoms with Gasteiger partial charge in [-0.15, -0.1) is 11.3 Å². The van der Waals surface area contributed by atoms with Crippen LogP contribution < -0.4 is 15.6 Å². The zero-order chi connectivity index (χ0) is 22.7. The minimum Gasteiger partial charge on any atom is -0.497 e. The second kappa shape index (κ2) is 10.1. The summed E-state index contributed by atoms with van der Waals surface area (Å²) >= 11 is 2.88. The molecular formula is C23H28N4O3S2. The minimum absolute atomic E-state index is 0.0703. The molecule has 2 aromatic heterocycles. The molecule has 1 saturated heterocycles. The maximum Gasteiger partial charge on any atom is 0.261 e. The lowest BCUT2D eigenvalue weighted by molar-refractivity contribution is 0.0941. The molecule has 3 aromatic rings. The third kappa shape index (κ3) is 4.69. The Kier molecular flexibility index (Phi) is 7.17. The van der Waals surface area contributed by atoms with E-state index in [4.69, 9.17) is 4.74 Å². The fourth-order valence-electron chi connectivity index (χ4n) is 4.24. The number of fused-ring (bicyclic) bond motifs is 1. The molecule has 0 spiro atoms.